The fourth-order valence-corrected chi connectivity index (χ4v) is 2.37. The number of hydrogen-bond acceptors (Lipinski definition) is 3. The van der Waals surface area contributed by atoms with Gasteiger partial charge in [0, 0.05) is 17.6 Å². The van der Waals surface area contributed by atoms with Crippen LogP contribution in [0.15, 0.2) is 48.5 Å². The lowest BCUT2D eigenvalue weighted by molar-refractivity contribution is 0.483. The first-order valence-corrected chi connectivity index (χ1v) is 7.01. The third-order valence-electron chi connectivity index (χ3n) is 3.52. The van der Waals surface area contributed by atoms with E-state index in [-0.39, 0.29) is 0 Å². The fourth-order valence-electron chi connectivity index (χ4n) is 2.37. The zero-order valence-electron chi connectivity index (χ0n) is 12.3. The van der Waals surface area contributed by atoms with Gasteiger partial charge in [-0.15, -0.1) is 0 Å². The van der Waals surface area contributed by atoms with Crippen molar-refractivity contribution in [1.82, 2.24) is 4.98 Å². The molecule has 106 valence electrons. The summed E-state index contributed by atoms with van der Waals surface area (Å²) >= 11 is 0. The number of aromatic nitrogens is 1. The molecule has 0 radical (unpaired) electrons. The number of nitrogens with zero attached hydrogens (tertiary/aromatic N) is 1. The first-order valence-electron chi connectivity index (χ1n) is 7.01. The fraction of sp³-hybridized carbons (Fsp3) is 0.167. The number of pyridine rings is 1. The molecule has 2 N–H and O–H groups in total. The van der Waals surface area contributed by atoms with E-state index in [4.69, 9.17) is 10.5 Å². The molecular weight excluding hydrogens is 260 g/mol. The highest BCUT2D eigenvalue weighted by Crippen LogP contribution is 2.30. The minimum absolute atomic E-state index is 0.538. The summed E-state index contributed by atoms with van der Waals surface area (Å²) in [5.41, 5.74) is 9.71. The van der Waals surface area contributed by atoms with Crippen LogP contribution in [0.1, 0.15) is 16.8 Å². The maximum absolute atomic E-state index is 6.07. The molecule has 0 bridgehead atoms. The first kappa shape index (κ1) is 13.6. The van der Waals surface area contributed by atoms with Gasteiger partial charge in [0.15, 0.2) is 5.75 Å². The van der Waals surface area contributed by atoms with Gasteiger partial charge in [0.1, 0.15) is 11.3 Å². The third-order valence-corrected chi connectivity index (χ3v) is 3.52. The SMILES string of the molecule is Cc1ccc2cccc(Oc3ccc(CN)cc3C)c2n1. The van der Waals surface area contributed by atoms with Crippen LogP contribution in [-0.4, -0.2) is 4.98 Å². The van der Waals surface area contributed by atoms with Crippen LogP contribution in [0.2, 0.25) is 0 Å². The predicted octanol–water partition coefficient (Wildman–Crippen LogP) is 4.10. The summed E-state index contributed by atoms with van der Waals surface area (Å²) in [6.07, 6.45) is 0. The molecule has 2 aromatic carbocycles. The molecule has 0 saturated heterocycles. The molecule has 0 unspecified atom stereocenters. The summed E-state index contributed by atoms with van der Waals surface area (Å²) < 4.78 is 6.07. The smallest absolute Gasteiger partial charge is 0.153 e. The second kappa shape index (κ2) is 5.54. The summed E-state index contributed by atoms with van der Waals surface area (Å²) in [5.74, 6) is 1.61. The number of hydrogen-bond donors (Lipinski definition) is 1. The van der Waals surface area contributed by atoms with Crippen LogP contribution in [0.25, 0.3) is 10.9 Å². The average Bonchev–Trinajstić information content (AvgIpc) is 2.49. The van der Waals surface area contributed by atoms with Crippen LogP contribution in [0.3, 0.4) is 0 Å². The summed E-state index contributed by atoms with van der Waals surface area (Å²) in [6.45, 7) is 4.55. The van der Waals surface area contributed by atoms with Gasteiger partial charge in [-0.1, -0.05) is 30.3 Å². The Morgan fingerprint density at radius 3 is 2.62 bits per heavy atom. The summed E-state index contributed by atoms with van der Waals surface area (Å²) in [7, 11) is 0. The highest BCUT2D eigenvalue weighted by molar-refractivity contribution is 5.84. The Hall–Kier alpha value is -2.39. The van der Waals surface area contributed by atoms with Gasteiger partial charge < -0.3 is 10.5 Å². The molecule has 0 atom stereocenters. The first-order chi connectivity index (χ1) is 10.2. The van der Waals surface area contributed by atoms with E-state index in [1.165, 1.54) is 0 Å². The minimum Gasteiger partial charge on any atom is -0.455 e. The van der Waals surface area contributed by atoms with Gasteiger partial charge in [-0.25, -0.2) is 4.98 Å². The third kappa shape index (κ3) is 2.73. The van der Waals surface area contributed by atoms with E-state index in [0.29, 0.717) is 6.54 Å². The largest absolute Gasteiger partial charge is 0.455 e. The number of para-hydroxylation sites is 1. The average molecular weight is 278 g/mol. The second-order valence-electron chi connectivity index (χ2n) is 5.19. The van der Waals surface area contributed by atoms with Gasteiger partial charge >= 0.3 is 0 Å². The lowest BCUT2D eigenvalue weighted by Gasteiger charge is -2.12. The normalized spacial score (nSPS) is 10.8. The summed E-state index contributed by atoms with van der Waals surface area (Å²) in [6, 6.07) is 16.1. The molecule has 0 saturated carbocycles. The Balaban J connectivity index is 2.04. The van der Waals surface area contributed by atoms with Gasteiger partial charge in [0.05, 0.1) is 0 Å². The maximum Gasteiger partial charge on any atom is 0.153 e. The molecule has 0 fully saturated rings. The van der Waals surface area contributed by atoms with E-state index < -0.39 is 0 Å². The standard InChI is InChI=1S/C18H18N2O/c1-12-10-14(11-19)7-9-16(12)21-17-5-3-4-15-8-6-13(2)20-18(15)17/h3-10H,11,19H2,1-2H3. The quantitative estimate of drug-likeness (QED) is 0.784. The molecule has 1 aromatic heterocycles. The maximum atomic E-state index is 6.07. The zero-order chi connectivity index (χ0) is 14.8. The number of rotatable bonds is 3. The number of fused-ring (bicyclic) bond motifs is 1. The molecule has 0 spiro atoms. The molecule has 0 aliphatic carbocycles. The molecule has 3 heteroatoms. The number of nitrogens with two attached hydrogens (primary N) is 1. The van der Waals surface area contributed by atoms with Crippen molar-refractivity contribution in [2.75, 3.05) is 0 Å². The van der Waals surface area contributed by atoms with E-state index in [2.05, 4.69) is 17.1 Å². The molecule has 1 heterocycles. The number of benzene rings is 2. The Bertz CT molecular complexity index is 796. The van der Waals surface area contributed by atoms with Crippen molar-refractivity contribution < 1.29 is 4.74 Å². The van der Waals surface area contributed by atoms with Crippen LogP contribution in [-0.2, 0) is 6.54 Å². The van der Waals surface area contributed by atoms with E-state index in [0.717, 1.165) is 39.2 Å². The molecule has 0 amide bonds. The second-order valence-corrected chi connectivity index (χ2v) is 5.19. The van der Waals surface area contributed by atoms with Crippen molar-refractivity contribution in [2.24, 2.45) is 5.73 Å². The Kier molecular flexibility index (Phi) is 3.59. The predicted molar refractivity (Wildman–Crippen MR) is 85.6 cm³/mol. The summed E-state index contributed by atoms with van der Waals surface area (Å²) in [5, 5.41) is 1.08. The van der Waals surface area contributed by atoms with Gasteiger partial charge in [-0.3, -0.25) is 0 Å². The van der Waals surface area contributed by atoms with Crippen molar-refractivity contribution in [3.8, 4) is 11.5 Å². The van der Waals surface area contributed by atoms with E-state index >= 15 is 0 Å². The number of aryl methyl sites for hydroxylation is 2. The molecule has 3 nitrogen and oxygen atoms in total. The van der Waals surface area contributed by atoms with Crippen molar-refractivity contribution in [3.63, 3.8) is 0 Å². The molecule has 21 heavy (non-hydrogen) atoms. The number of ether oxygens (including phenoxy) is 1. The van der Waals surface area contributed by atoms with Gasteiger partial charge in [0.2, 0.25) is 0 Å². The lowest BCUT2D eigenvalue weighted by Crippen LogP contribution is -1.97. The summed E-state index contributed by atoms with van der Waals surface area (Å²) in [4.78, 5) is 4.59. The van der Waals surface area contributed by atoms with E-state index in [1.807, 2.05) is 50.2 Å². The van der Waals surface area contributed by atoms with Crippen molar-refractivity contribution in [2.45, 2.75) is 20.4 Å². The molecule has 0 aliphatic rings. The minimum atomic E-state index is 0.538. The van der Waals surface area contributed by atoms with Crippen molar-refractivity contribution in [1.29, 1.82) is 0 Å². The topological polar surface area (TPSA) is 48.1 Å². The van der Waals surface area contributed by atoms with Gasteiger partial charge in [-0.2, -0.15) is 0 Å². The Labute approximate surface area is 124 Å². The Morgan fingerprint density at radius 1 is 1.00 bits per heavy atom. The zero-order valence-corrected chi connectivity index (χ0v) is 12.3. The highest BCUT2D eigenvalue weighted by Gasteiger charge is 2.07. The van der Waals surface area contributed by atoms with Crippen LogP contribution in [0, 0.1) is 13.8 Å². The van der Waals surface area contributed by atoms with E-state index in [9.17, 15) is 0 Å². The van der Waals surface area contributed by atoms with Gasteiger partial charge in [0.25, 0.3) is 0 Å². The van der Waals surface area contributed by atoms with Crippen LogP contribution >= 0.6 is 0 Å². The molecular formula is C18H18N2O. The monoisotopic (exact) mass is 278 g/mol. The molecule has 0 aliphatic heterocycles. The van der Waals surface area contributed by atoms with E-state index in [1.54, 1.807) is 0 Å². The highest BCUT2D eigenvalue weighted by atomic mass is 16.5. The Morgan fingerprint density at radius 2 is 1.86 bits per heavy atom. The van der Waals surface area contributed by atoms with Crippen molar-refractivity contribution >= 4 is 10.9 Å². The molecule has 3 rings (SSSR count). The molecule has 3 aromatic rings. The lowest BCUT2D eigenvalue weighted by atomic mass is 10.1. The van der Waals surface area contributed by atoms with Crippen LogP contribution in [0.4, 0.5) is 0 Å². The van der Waals surface area contributed by atoms with Crippen molar-refractivity contribution in [3.05, 3.63) is 65.4 Å². The van der Waals surface area contributed by atoms with Gasteiger partial charge in [-0.05, 0) is 43.2 Å². The van der Waals surface area contributed by atoms with Crippen LogP contribution in [0.5, 0.6) is 11.5 Å². The van der Waals surface area contributed by atoms with Crippen LogP contribution < -0.4 is 10.5 Å².